The van der Waals surface area contributed by atoms with Crippen LogP contribution < -0.4 is 4.74 Å². The number of aliphatic hydroxyl groups excluding tert-OH is 1. The molecule has 0 saturated heterocycles. The Bertz CT molecular complexity index is 499. The summed E-state index contributed by atoms with van der Waals surface area (Å²) in [6, 6.07) is 17.8. The number of rotatable bonds is 6. The van der Waals surface area contributed by atoms with Crippen LogP contribution in [0.5, 0.6) is 5.75 Å². The minimum absolute atomic E-state index is 0.406. The summed E-state index contributed by atoms with van der Waals surface area (Å²) < 4.78 is 5.19. The summed E-state index contributed by atoms with van der Waals surface area (Å²) >= 11 is 1.72. The van der Waals surface area contributed by atoms with Gasteiger partial charge in [-0.3, -0.25) is 0 Å². The van der Waals surface area contributed by atoms with E-state index in [1.54, 1.807) is 18.9 Å². The molecule has 1 unspecified atom stereocenters. The second kappa shape index (κ2) is 7.22. The first-order chi connectivity index (χ1) is 9.29. The first-order valence-corrected chi connectivity index (χ1v) is 7.39. The van der Waals surface area contributed by atoms with Crippen LogP contribution in [-0.2, 0) is 5.75 Å². The van der Waals surface area contributed by atoms with Crippen molar-refractivity contribution in [1.82, 2.24) is 0 Å². The van der Waals surface area contributed by atoms with Gasteiger partial charge in [-0.2, -0.15) is 11.8 Å². The van der Waals surface area contributed by atoms with E-state index in [1.807, 2.05) is 48.5 Å². The third-order valence-electron chi connectivity index (χ3n) is 2.86. The predicted octanol–water partition coefficient (Wildman–Crippen LogP) is 3.66. The van der Waals surface area contributed by atoms with Crippen molar-refractivity contribution in [2.45, 2.75) is 11.9 Å². The largest absolute Gasteiger partial charge is 0.497 e. The summed E-state index contributed by atoms with van der Waals surface area (Å²) in [6.07, 6.45) is -0.406. The second-order valence-corrected chi connectivity index (χ2v) is 5.32. The van der Waals surface area contributed by atoms with Crippen molar-refractivity contribution in [1.29, 1.82) is 0 Å². The quantitative estimate of drug-likeness (QED) is 0.871. The molecule has 2 aromatic carbocycles. The van der Waals surface area contributed by atoms with Crippen LogP contribution in [0.15, 0.2) is 54.6 Å². The Labute approximate surface area is 118 Å². The first-order valence-electron chi connectivity index (χ1n) is 6.23. The maximum Gasteiger partial charge on any atom is 0.119 e. The molecule has 0 aliphatic heterocycles. The minimum Gasteiger partial charge on any atom is -0.497 e. The Morgan fingerprint density at radius 2 is 1.89 bits per heavy atom. The van der Waals surface area contributed by atoms with Crippen LogP contribution in [0, 0.1) is 0 Å². The lowest BCUT2D eigenvalue weighted by Gasteiger charge is -2.10. The van der Waals surface area contributed by atoms with Gasteiger partial charge in [0.15, 0.2) is 0 Å². The van der Waals surface area contributed by atoms with E-state index < -0.39 is 6.10 Å². The van der Waals surface area contributed by atoms with Crippen molar-refractivity contribution >= 4 is 11.8 Å². The van der Waals surface area contributed by atoms with Crippen molar-refractivity contribution in [2.75, 3.05) is 12.9 Å². The van der Waals surface area contributed by atoms with Gasteiger partial charge in [0.25, 0.3) is 0 Å². The number of aliphatic hydroxyl groups is 1. The number of thioether (sulfide) groups is 1. The molecule has 0 bridgehead atoms. The summed E-state index contributed by atoms with van der Waals surface area (Å²) in [6.45, 7) is 0. The molecule has 1 N–H and O–H groups in total. The van der Waals surface area contributed by atoms with E-state index in [4.69, 9.17) is 4.74 Å². The van der Waals surface area contributed by atoms with Crippen LogP contribution in [0.25, 0.3) is 0 Å². The van der Waals surface area contributed by atoms with Gasteiger partial charge in [-0.05, 0) is 23.3 Å². The molecule has 2 aromatic rings. The maximum atomic E-state index is 10.1. The fourth-order valence-corrected chi connectivity index (χ4v) is 2.77. The lowest BCUT2D eigenvalue weighted by molar-refractivity contribution is 0.204. The molecule has 0 saturated carbocycles. The van der Waals surface area contributed by atoms with E-state index in [9.17, 15) is 5.11 Å². The minimum atomic E-state index is -0.406. The van der Waals surface area contributed by atoms with Gasteiger partial charge in [0.1, 0.15) is 5.75 Å². The molecule has 19 heavy (non-hydrogen) atoms. The Balaban J connectivity index is 1.83. The second-order valence-electron chi connectivity index (χ2n) is 4.29. The molecule has 1 atom stereocenters. The normalized spacial score (nSPS) is 12.1. The van der Waals surface area contributed by atoms with Crippen LogP contribution >= 0.6 is 11.8 Å². The molecule has 0 aliphatic rings. The van der Waals surface area contributed by atoms with E-state index in [-0.39, 0.29) is 0 Å². The summed E-state index contributed by atoms with van der Waals surface area (Å²) in [5, 5.41) is 10.1. The lowest BCUT2D eigenvalue weighted by Crippen LogP contribution is -2.00. The summed E-state index contributed by atoms with van der Waals surface area (Å²) in [4.78, 5) is 0. The summed E-state index contributed by atoms with van der Waals surface area (Å²) in [5.74, 6) is 2.45. The van der Waals surface area contributed by atoms with Gasteiger partial charge < -0.3 is 9.84 Å². The summed E-state index contributed by atoms with van der Waals surface area (Å²) in [7, 11) is 1.67. The lowest BCUT2D eigenvalue weighted by atomic mass is 10.1. The fourth-order valence-electron chi connectivity index (χ4n) is 1.82. The van der Waals surface area contributed by atoms with E-state index in [0.29, 0.717) is 5.75 Å². The van der Waals surface area contributed by atoms with Crippen molar-refractivity contribution in [3.63, 3.8) is 0 Å². The number of hydrogen-bond acceptors (Lipinski definition) is 3. The topological polar surface area (TPSA) is 29.5 Å². The zero-order valence-electron chi connectivity index (χ0n) is 11.0. The third-order valence-corrected chi connectivity index (χ3v) is 3.95. The monoisotopic (exact) mass is 274 g/mol. The average molecular weight is 274 g/mol. The molecule has 0 heterocycles. The highest BCUT2D eigenvalue weighted by atomic mass is 32.2. The van der Waals surface area contributed by atoms with Crippen molar-refractivity contribution < 1.29 is 9.84 Å². The van der Waals surface area contributed by atoms with Crippen LogP contribution in [-0.4, -0.2) is 18.0 Å². The predicted molar refractivity (Wildman–Crippen MR) is 80.6 cm³/mol. The van der Waals surface area contributed by atoms with Gasteiger partial charge in [0.2, 0.25) is 0 Å². The Kier molecular flexibility index (Phi) is 5.31. The number of ether oxygens (including phenoxy) is 1. The molecule has 0 aliphatic carbocycles. The standard InChI is InChI=1S/C16H18O2S/c1-18-15-9-5-6-13(10-15)11-19-12-16(17)14-7-3-2-4-8-14/h2-10,16-17H,11-12H2,1H3. The molecular formula is C16H18O2S. The molecule has 100 valence electrons. The molecule has 0 amide bonds. The van der Waals surface area contributed by atoms with Gasteiger partial charge in [0.05, 0.1) is 13.2 Å². The molecule has 0 fully saturated rings. The van der Waals surface area contributed by atoms with Crippen LogP contribution in [0.3, 0.4) is 0 Å². The molecular weight excluding hydrogens is 256 g/mol. The zero-order valence-corrected chi connectivity index (χ0v) is 11.8. The van der Waals surface area contributed by atoms with Crippen LogP contribution in [0.1, 0.15) is 17.2 Å². The Morgan fingerprint density at radius 1 is 1.11 bits per heavy atom. The summed E-state index contributed by atoms with van der Waals surface area (Å²) in [5.41, 5.74) is 2.19. The van der Waals surface area contributed by atoms with Gasteiger partial charge >= 0.3 is 0 Å². The van der Waals surface area contributed by atoms with E-state index in [2.05, 4.69) is 6.07 Å². The molecule has 0 spiro atoms. The number of benzene rings is 2. The third kappa shape index (κ3) is 4.30. The van der Waals surface area contributed by atoms with E-state index >= 15 is 0 Å². The Morgan fingerprint density at radius 3 is 2.63 bits per heavy atom. The highest BCUT2D eigenvalue weighted by molar-refractivity contribution is 7.98. The number of methoxy groups -OCH3 is 1. The van der Waals surface area contributed by atoms with Crippen LogP contribution in [0.2, 0.25) is 0 Å². The van der Waals surface area contributed by atoms with Crippen molar-refractivity contribution in [3.8, 4) is 5.75 Å². The van der Waals surface area contributed by atoms with Crippen LogP contribution in [0.4, 0.5) is 0 Å². The molecule has 0 radical (unpaired) electrons. The Hall–Kier alpha value is -1.45. The van der Waals surface area contributed by atoms with Crippen molar-refractivity contribution in [3.05, 3.63) is 65.7 Å². The van der Waals surface area contributed by atoms with Crippen molar-refractivity contribution in [2.24, 2.45) is 0 Å². The van der Waals surface area contributed by atoms with Gasteiger partial charge in [-0.15, -0.1) is 0 Å². The first kappa shape index (κ1) is 14.0. The molecule has 0 aromatic heterocycles. The SMILES string of the molecule is COc1cccc(CSCC(O)c2ccccc2)c1. The maximum absolute atomic E-state index is 10.1. The van der Waals surface area contributed by atoms with Gasteiger partial charge in [-0.25, -0.2) is 0 Å². The van der Waals surface area contributed by atoms with Gasteiger partial charge in [-0.1, -0.05) is 42.5 Å². The molecule has 2 rings (SSSR count). The van der Waals surface area contributed by atoms with E-state index in [1.165, 1.54) is 5.56 Å². The fraction of sp³-hybridized carbons (Fsp3) is 0.250. The smallest absolute Gasteiger partial charge is 0.119 e. The molecule has 2 nitrogen and oxygen atoms in total. The average Bonchev–Trinajstić information content (AvgIpc) is 2.48. The highest BCUT2D eigenvalue weighted by Gasteiger charge is 2.06. The highest BCUT2D eigenvalue weighted by Crippen LogP contribution is 2.22. The zero-order chi connectivity index (χ0) is 13.5. The van der Waals surface area contributed by atoms with Gasteiger partial charge in [0, 0.05) is 11.5 Å². The number of hydrogen-bond donors (Lipinski definition) is 1. The molecule has 3 heteroatoms. The van der Waals surface area contributed by atoms with E-state index in [0.717, 1.165) is 17.1 Å².